The number of nitrogens with one attached hydrogen (secondary N) is 2. The predicted molar refractivity (Wildman–Crippen MR) is 105 cm³/mol. The van der Waals surface area contributed by atoms with Gasteiger partial charge in [0.05, 0.1) is 19.1 Å². The molecule has 0 aliphatic heterocycles. The van der Waals surface area contributed by atoms with E-state index in [1.807, 2.05) is 25.7 Å². The first-order chi connectivity index (χ1) is 12.9. The number of likely N-dealkylation sites (N-methyl/N-ethyl adjacent to an activating group) is 1. The summed E-state index contributed by atoms with van der Waals surface area (Å²) in [5, 5.41) is 5.99. The molecule has 0 saturated heterocycles. The van der Waals surface area contributed by atoms with Crippen LogP contribution in [0, 0.1) is 11.7 Å². The molecule has 1 aromatic rings. The Labute approximate surface area is 161 Å². The molecule has 2 N–H and O–H groups in total. The number of carbonyl (C=O) groups is 2. The highest BCUT2D eigenvalue weighted by Crippen LogP contribution is 2.35. The third kappa shape index (κ3) is 6.94. The molecule has 1 unspecified atom stereocenters. The molecule has 1 saturated carbocycles. The van der Waals surface area contributed by atoms with Crippen molar-refractivity contribution in [3.63, 3.8) is 0 Å². The van der Waals surface area contributed by atoms with E-state index in [1.165, 1.54) is 12.1 Å². The van der Waals surface area contributed by atoms with Crippen molar-refractivity contribution in [1.29, 1.82) is 0 Å². The minimum atomic E-state index is -0.274. The first-order valence-electron chi connectivity index (χ1n) is 9.95. The van der Waals surface area contributed by atoms with Crippen molar-refractivity contribution >= 4 is 11.8 Å². The van der Waals surface area contributed by atoms with Crippen LogP contribution in [-0.2, 0) is 9.59 Å². The lowest BCUT2D eigenvalue weighted by molar-refractivity contribution is -0.125. The standard InChI is InChI=1S/C21H32FN3O2/c1-4-25(13-19(26)23-15(2)3)14-20(27)24-21(16-7-5-6-8-16)17-9-11-18(22)12-10-17/h9-12,15-16,21H,4-8,13-14H2,1-3H3,(H,23,26)(H,24,27). The molecule has 0 bridgehead atoms. The normalized spacial score (nSPS) is 15.9. The number of halogens is 1. The van der Waals surface area contributed by atoms with Gasteiger partial charge in [0.2, 0.25) is 11.8 Å². The van der Waals surface area contributed by atoms with Crippen LogP contribution >= 0.6 is 0 Å². The summed E-state index contributed by atoms with van der Waals surface area (Å²) < 4.78 is 13.3. The van der Waals surface area contributed by atoms with Crippen LogP contribution in [0.3, 0.4) is 0 Å². The molecular weight excluding hydrogens is 345 g/mol. The summed E-state index contributed by atoms with van der Waals surface area (Å²) >= 11 is 0. The van der Waals surface area contributed by atoms with Crippen LogP contribution in [0.2, 0.25) is 0 Å². The lowest BCUT2D eigenvalue weighted by Gasteiger charge is -2.27. The van der Waals surface area contributed by atoms with Crippen LogP contribution < -0.4 is 10.6 Å². The fraction of sp³-hybridized carbons (Fsp3) is 0.619. The van der Waals surface area contributed by atoms with Gasteiger partial charge in [-0.3, -0.25) is 14.5 Å². The Kier molecular flexibility index (Phi) is 8.23. The second-order valence-electron chi connectivity index (χ2n) is 7.67. The number of nitrogens with zero attached hydrogens (tertiary/aromatic N) is 1. The van der Waals surface area contributed by atoms with Crippen molar-refractivity contribution in [2.75, 3.05) is 19.6 Å². The van der Waals surface area contributed by atoms with E-state index >= 15 is 0 Å². The van der Waals surface area contributed by atoms with E-state index in [1.54, 1.807) is 12.1 Å². The van der Waals surface area contributed by atoms with Crippen molar-refractivity contribution < 1.29 is 14.0 Å². The van der Waals surface area contributed by atoms with Crippen molar-refractivity contribution in [2.24, 2.45) is 5.92 Å². The Hall–Kier alpha value is -1.95. The summed E-state index contributed by atoms with van der Waals surface area (Å²) in [6.07, 6.45) is 4.45. The monoisotopic (exact) mass is 377 g/mol. The van der Waals surface area contributed by atoms with Crippen LogP contribution in [0.15, 0.2) is 24.3 Å². The lowest BCUT2D eigenvalue weighted by Crippen LogP contribution is -2.45. The van der Waals surface area contributed by atoms with Crippen molar-refractivity contribution in [3.8, 4) is 0 Å². The van der Waals surface area contributed by atoms with Crippen LogP contribution in [0.25, 0.3) is 0 Å². The molecule has 2 amide bonds. The Morgan fingerprint density at radius 1 is 1.07 bits per heavy atom. The van der Waals surface area contributed by atoms with Crippen LogP contribution in [-0.4, -0.2) is 42.4 Å². The van der Waals surface area contributed by atoms with E-state index in [4.69, 9.17) is 0 Å². The second kappa shape index (κ2) is 10.4. The molecule has 6 heteroatoms. The van der Waals surface area contributed by atoms with E-state index in [-0.39, 0.29) is 42.8 Å². The van der Waals surface area contributed by atoms with E-state index < -0.39 is 0 Å². The zero-order valence-corrected chi connectivity index (χ0v) is 16.6. The van der Waals surface area contributed by atoms with Gasteiger partial charge in [0.25, 0.3) is 0 Å². The van der Waals surface area contributed by atoms with Gasteiger partial charge in [0.1, 0.15) is 5.82 Å². The Balaban J connectivity index is 1.99. The SMILES string of the molecule is CCN(CC(=O)NC(C)C)CC(=O)NC(c1ccc(F)cc1)C1CCCC1. The number of carbonyl (C=O) groups excluding carboxylic acids is 2. The largest absolute Gasteiger partial charge is 0.353 e. The van der Waals surface area contributed by atoms with Crippen molar-refractivity contribution in [1.82, 2.24) is 15.5 Å². The van der Waals surface area contributed by atoms with E-state index in [0.29, 0.717) is 12.5 Å². The molecule has 150 valence electrons. The highest BCUT2D eigenvalue weighted by Gasteiger charge is 2.28. The molecule has 2 rings (SSSR count). The maximum atomic E-state index is 13.3. The number of hydrogen-bond acceptors (Lipinski definition) is 3. The molecular formula is C21H32FN3O2. The third-order valence-corrected chi connectivity index (χ3v) is 5.05. The fourth-order valence-corrected chi connectivity index (χ4v) is 3.71. The van der Waals surface area contributed by atoms with Gasteiger partial charge in [0.15, 0.2) is 0 Å². The van der Waals surface area contributed by atoms with Gasteiger partial charge in [-0.15, -0.1) is 0 Å². The Bertz CT molecular complexity index is 612. The second-order valence-corrected chi connectivity index (χ2v) is 7.67. The summed E-state index contributed by atoms with van der Waals surface area (Å²) in [6, 6.07) is 6.37. The zero-order valence-electron chi connectivity index (χ0n) is 16.6. The van der Waals surface area contributed by atoms with Crippen LogP contribution in [0.4, 0.5) is 4.39 Å². The van der Waals surface area contributed by atoms with Gasteiger partial charge < -0.3 is 10.6 Å². The van der Waals surface area contributed by atoms with Crippen LogP contribution in [0.5, 0.6) is 0 Å². The van der Waals surface area contributed by atoms with Crippen LogP contribution in [0.1, 0.15) is 58.1 Å². The van der Waals surface area contributed by atoms with Gasteiger partial charge in [-0.2, -0.15) is 0 Å². The molecule has 27 heavy (non-hydrogen) atoms. The molecule has 1 fully saturated rings. The molecule has 1 aliphatic rings. The van der Waals surface area contributed by atoms with E-state index in [2.05, 4.69) is 10.6 Å². The first kappa shape index (κ1) is 21.4. The van der Waals surface area contributed by atoms with E-state index in [9.17, 15) is 14.0 Å². The average molecular weight is 378 g/mol. The highest BCUT2D eigenvalue weighted by atomic mass is 19.1. The van der Waals surface area contributed by atoms with Gasteiger partial charge in [-0.25, -0.2) is 4.39 Å². The predicted octanol–water partition coefficient (Wildman–Crippen LogP) is 3.02. The van der Waals surface area contributed by atoms with Crippen molar-refractivity contribution in [3.05, 3.63) is 35.6 Å². The minimum absolute atomic E-state index is 0.0782. The topological polar surface area (TPSA) is 61.4 Å². The van der Waals surface area contributed by atoms with Crippen molar-refractivity contribution in [2.45, 2.75) is 58.5 Å². The molecule has 1 aliphatic carbocycles. The highest BCUT2D eigenvalue weighted by molar-refractivity contribution is 5.81. The molecule has 0 aromatic heterocycles. The van der Waals surface area contributed by atoms with Gasteiger partial charge >= 0.3 is 0 Å². The molecule has 5 nitrogen and oxygen atoms in total. The average Bonchev–Trinajstić information content (AvgIpc) is 3.13. The maximum absolute atomic E-state index is 13.3. The Morgan fingerprint density at radius 2 is 1.63 bits per heavy atom. The molecule has 1 atom stereocenters. The van der Waals surface area contributed by atoms with Gasteiger partial charge in [-0.1, -0.05) is 31.9 Å². The summed E-state index contributed by atoms with van der Waals surface area (Å²) in [6.45, 7) is 6.75. The summed E-state index contributed by atoms with van der Waals surface area (Å²) in [4.78, 5) is 26.5. The number of rotatable bonds is 9. The van der Waals surface area contributed by atoms with Gasteiger partial charge in [0, 0.05) is 6.04 Å². The first-order valence-corrected chi connectivity index (χ1v) is 9.95. The zero-order chi connectivity index (χ0) is 19.8. The quantitative estimate of drug-likeness (QED) is 0.695. The summed E-state index contributed by atoms with van der Waals surface area (Å²) in [5.41, 5.74) is 0.942. The number of hydrogen-bond donors (Lipinski definition) is 2. The lowest BCUT2D eigenvalue weighted by atomic mass is 9.91. The molecule has 0 radical (unpaired) electrons. The minimum Gasteiger partial charge on any atom is -0.353 e. The maximum Gasteiger partial charge on any atom is 0.234 e. The van der Waals surface area contributed by atoms with E-state index in [0.717, 1.165) is 31.2 Å². The molecule has 0 spiro atoms. The Morgan fingerprint density at radius 3 is 2.15 bits per heavy atom. The summed E-state index contributed by atoms with van der Waals surface area (Å²) in [5.74, 6) is -0.0803. The third-order valence-electron chi connectivity index (χ3n) is 5.05. The van der Waals surface area contributed by atoms with Gasteiger partial charge in [-0.05, 0) is 56.8 Å². The summed E-state index contributed by atoms with van der Waals surface area (Å²) in [7, 11) is 0. The number of amides is 2. The smallest absolute Gasteiger partial charge is 0.234 e. The fourth-order valence-electron chi connectivity index (χ4n) is 3.71. The number of benzene rings is 1. The molecule has 0 heterocycles. The molecule has 1 aromatic carbocycles.